The summed E-state index contributed by atoms with van der Waals surface area (Å²) in [5.74, 6) is -1.38. The van der Waals surface area contributed by atoms with Gasteiger partial charge in [-0.05, 0) is 43.4 Å². The molecule has 1 aromatic carbocycles. The largest absolute Gasteiger partial charge is 0.518 e. The van der Waals surface area contributed by atoms with Gasteiger partial charge in [-0.15, -0.1) is 0 Å². The molecular formula is C36H49N5O13P+. The summed E-state index contributed by atoms with van der Waals surface area (Å²) >= 11 is 0. The van der Waals surface area contributed by atoms with Gasteiger partial charge in [-0.25, -0.2) is 19.4 Å². The van der Waals surface area contributed by atoms with Crippen molar-refractivity contribution in [1.29, 1.82) is 0 Å². The highest BCUT2D eigenvalue weighted by atomic mass is 31.1. The minimum atomic E-state index is -2.99. The molecule has 3 heterocycles. The lowest BCUT2D eigenvalue weighted by Gasteiger charge is -2.35. The fourth-order valence-electron chi connectivity index (χ4n) is 5.69. The number of aromatic nitrogens is 1. The molecule has 300 valence electrons. The number of nitrogens with zero attached hydrogens (tertiary/aromatic N) is 4. The van der Waals surface area contributed by atoms with Crippen LogP contribution in [0.4, 0.5) is 20.1 Å². The highest BCUT2D eigenvalue weighted by Crippen LogP contribution is 2.30. The number of pyridine rings is 1. The summed E-state index contributed by atoms with van der Waals surface area (Å²) < 4.78 is 48.7. The molecule has 2 aliphatic heterocycles. The van der Waals surface area contributed by atoms with Crippen molar-refractivity contribution in [3.63, 3.8) is 0 Å². The van der Waals surface area contributed by atoms with Crippen LogP contribution in [0.1, 0.15) is 50.5 Å². The van der Waals surface area contributed by atoms with E-state index in [0.717, 1.165) is 24.8 Å². The number of rotatable bonds is 17. The number of amides is 3. The van der Waals surface area contributed by atoms with E-state index < -0.39 is 56.9 Å². The lowest BCUT2D eigenvalue weighted by molar-refractivity contribution is -0.199. The summed E-state index contributed by atoms with van der Waals surface area (Å²) in [5, 5.41) is 2.67. The Morgan fingerprint density at radius 1 is 0.891 bits per heavy atom. The molecular weight excluding hydrogens is 741 g/mol. The van der Waals surface area contributed by atoms with Crippen LogP contribution >= 0.6 is 8.03 Å². The number of carbonyl (C=O) groups is 5. The van der Waals surface area contributed by atoms with Crippen molar-refractivity contribution in [2.75, 3.05) is 77.3 Å². The predicted molar refractivity (Wildman–Crippen MR) is 197 cm³/mol. The standard InChI is InChI=1S/C36H48N5O13P/c1-5-8-20-51-33(44)40-18-16-39(17-19-40)32(43)30(24-55(47)54-36(52-34(45)49-6-2)53-35(46)50-7-3)38-31(42)29-22-26(41-15-14-27(23-41)48-4)21-28(37-29)25-12-10-9-11-13-25/h9-13,21-22,27,30,36H,5-8,14-20,23-24H2,1-4H3/p+1. The zero-order chi connectivity index (χ0) is 39.7. The molecule has 0 saturated carbocycles. The van der Waals surface area contributed by atoms with Gasteiger partial charge in [-0.3, -0.25) is 9.59 Å². The number of hydrogen-bond donors (Lipinski definition) is 1. The van der Waals surface area contributed by atoms with E-state index in [4.69, 9.17) is 32.9 Å². The molecule has 19 heteroatoms. The quantitative estimate of drug-likeness (QED) is 0.0769. The Labute approximate surface area is 320 Å². The SMILES string of the molecule is CCCCOC(=O)N1CCN(C(=O)C(C[P+](=O)OC(OC(=O)OCC)OC(=O)OCC)NC(=O)c2cc(N3CCC(OC)C3)cc(-c3ccccc3)n2)CC1. The van der Waals surface area contributed by atoms with E-state index in [2.05, 4.69) is 15.2 Å². The number of ether oxygens (including phenoxy) is 6. The first kappa shape index (κ1) is 42.7. The molecule has 18 nitrogen and oxygen atoms in total. The van der Waals surface area contributed by atoms with Crippen molar-refractivity contribution in [2.45, 2.75) is 58.7 Å². The molecule has 3 atom stereocenters. The summed E-state index contributed by atoms with van der Waals surface area (Å²) in [7, 11) is -1.34. The lowest BCUT2D eigenvalue weighted by Crippen LogP contribution is -2.56. The minimum Gasteiger partial charge on any atom is -0.449 e. The van der Waals surface area contributed by atoms with Crippen molar-refractivity contribution in [1.82, 2.24) is 20.1 Å². The number of anilines is 1. The predicted octanol–water partition coefficient (Wildman–Crippen LogP) is 4.54. The van der Waals surface area contributed by atoms with Gasteiger partial charge in [0, 0.05) is 57.6 Å². The van der Waals surface area contributed by atoms with Gasteiger partial charge in [-0.1, -0.05) is 48.2 Å². The minimum absolute atomic E-state index is 0.00651. The topological polar surface area (TPSA) is 202 Å². The molecule has 55 heavy (non-hydrogen) atoms. The molecule has 2 fully saturated rings. The zero-order valence-corrected chi connectivity index (χ0v) is 32.4. The molecule has 0 aliphatic carbocycles. The first-order chi connectivity index (χ1) is 26.5. The Bertz CT molecular complexity index is 1610. The van der Waals surface area contributed by atoms with Gasteiger partial charge in [0.2, 0.25) is 12.1 Å². The Balaban J connectivity index is 1.58. The van der Waals surface area contributed by atoms with Gasteiger partial charge in [0.1, 0.15) is 5.69 Å². The number of methoxy groups -OCH3 is 1. The van der Waals surface area contributed by atoms with Crippen LogP contribution in [-0.2, 0) is 42.3 Å². The maximum Gasteiger partial charge on any atom is 0.518 e. The second-order valence-electron chi connectivity index (χ2n) is 12.4. The zero-order valence-electron chi connectivity index (χ0n) is 31.5. The van der Waals surface area contributed by atoms with E-state index in [1.807, 2.05) is 43.3 Å². The van der Waals surface area contributed by atoms with Gasteiger partial charge in [0.25, 0.3) is 5.91 Å². The third-order valence-electron chi connectivity index (χ3n) is 8.58. The summed E-state index contributed by atoms with van der Waals surface area (Å²) in [6.07, 6.45) is -1.34. The van der Waals surface area contributed by atoms with Crippen LogP contribution in [0, 0.1) is 0 Å². The number of benzene rings is 1. The number of piperazine rings is 1. The van der Waals surface area contributed by atoms with Gasteiger partial charge in [0.15, 0.2) is 6.04 Å². The maximum absolute atomic E-state index is 14.1. The second-order valence-corrected chi connectivity index (χ2v) is 13.6. The molecule has 3 amide bonds. The fraction of sp³-hybridized carbons (Fsp3) is 0.556. The van der Waals surface area contributed by atoms with E-state index in [0.29, 0.717) is 24.5 Å². The molecule has 4 rings (SSSR count). The van der Waals surface area contributed by atoms with Crippen LogP contribution in [-0.4, -0.2) is 136 Å². The van der Waals surface area contributed by atoms with E-state index >= 15 is 0 Å². The molecule has 0 bridgehead atoms. The van der Waals surface area contributed by atoms with Crippen LogP contribution in [0.2, 0.25) is 0 Å². The van der Waals surface area contributed by atoms with Crippen LogP contribution in [0.3, 0.4) is 0 Å². The monoisotopic (exact) mass is 790 g/mol. The van der Waals surface area contributed by atoms with Gasteiger partial charge in [-0.2, -0.15) is 0 Å². The third-order valence-corrected chi connectivity index (χ3v) is 9.65. The van der Waals surface area contributed by atoms with Gasteiger partial charge >= 0.3 is 32.9 Å². The molecule has 3 unspecified atom stereocenters. The molecule has 1 aromatic heterocycles. The molecule has 2 aromatic rings. The Morgan fingerprint density at radius 3 is 2.15 bits per heavy atom. The van der Waals surface area contributed by atoms with E-state index in [1.54, 1.807) is 13.2 Å². The summed E-state index contributed by atoms with van der Waals surface area (Å²) in [5.41, 5.74) is 1.97. The number of nitrogens with one attached hydrogen (secondary N) is 1. The average molecular weight is 791 g/mol. The van der Waals surface area contributed by atoms with Crippen molar-refractivity contribution in [3.05, 3.63) is 48.2 Å². The molecule has 0 spiro atoms. The van der Waals surface area contributed by atoms with E-state index in [9.17, 15) is 28.5 Å². The van der Waals surface area contributed by atoms with Crippen LogP contribution in [0.15, 0.2) is 42.5 Å². The molecule has 2 saturated heterocycles. The lowest BCUT2D eigenvalue weighted by atomic mass is 10.1. The molecule has 1 N–H and O–H groups in total. The van der Waals surface area contributed by atoms with Gasteiger partial charge < -0.3 is 48.4 Å². The van der Waals surface area contributed by atoms with Crippen molar-refractivity contribution < 1.29 is 61.5 Å². The maximum atomic E-state index is 14.1. The number of carbonyl (C=O) groups excluding carboxylic acids is 5. The van der Waals surface area contributed by atoms with Crippen molar-refractivity contribution in [3.8, 4) is 11.3 Å². The average Bonchev–Trinajstić information content (AvgIpc) is 3.67. The normalized spacial score (nSPS) is 16.3. The smallest absolute Gasteiger partial charge is 0.449 e. The Hall–Kier alpha value is -5.06. The summed E-state index contributed by atoms with van der Waals surface area (Å²) in [6.45, 7) is 4.70. The van der Waals surface area contributed by atoms with Crippen molar-refractivity contribution >= 4 is 43.9 Å². The van der Waals surface area contributed by atoms with Gasteiger partial charge in [0.05, 0.1) is 31.6 Å². The van der Waals surface area contributed by atoms with Crippen LogP contribution in [0.5, 0.6) is 0 Å². The first-order valence-corrected chi connectivity index (χ1v) is 19.6. The first-order valence-electron chi connectivity index (χ1n) is 18.2. The fourth-order valence-corrected chi connectivity index (χ4v) is 6.60. The Morgan fingerprint density at radius 2 is 1.55 bits per heavy atom. The van der Waals surface area contributed by atoms with E-state index in [1.165, 1.54) is 23.6 Å². The summed E-state index contributed by atoms with van der Waals surface area (Å²) in [6, 6.07) is 11.3. The second kappa shape index (κ2) is 21.7. The van der Waals surface area contributed by atoms with E-state index in [-0.39, 0.29) is 57.8 Å². The molecule has 2 aliphatic rings. The number of hydrogen-bond acceptors (Lipinski definition) is 15. The molecule has 0 radical (unpaired) electrons. The number of unbranched alkanes of at least 4 members (excludes halogenated alkanes) is 1. The highest BCUT2D eigenvalue weighted by Gasteiger charge is 2.40. The highest BCUT2D eigenvalue weighted by molar-refractivity contribution is 7.39. The van der Waals surface area contributed by atoms with Crippen LogP contribution in [0.25, 0.3) is 11.3 Å². The third kappa shape index (κ3) is 13.0. The Kier molecular flexibility index (Phi) is 16.9. The van der Waals surface area contributed by atoms with Crippen LogP contribution < -0.4 is 10.2 Å². The summed E-state index contributed by atoms with van der Waals surface area (Å²) in [4.78, 5) is 74.3. The van der Waals surface area contributed by atoms with Crippen molar-refractivity contribution in [2.24, 2.45) is 0 Å².